The number of thiophene rings is 1. The number of carbonyl (C=O) groups excluding carboxylic acids is 4. The second-order valence-electron chi connectivity index (χ2n) is 19.8. The van der Waals surface area contributed by atoms with Gasteiger partial charge in [-0.25, -0.2) is 4.98 Å². The number of aliphatic hydroxyl groups excluding tert-OH is 1. The molecule has 0 spiro atoms. The number of hydrogen-bond donors (Lipinski definition) is 4. The number of thiazole rings is 1. The number of aromatic nitrogens is 4. The highest BCUT2D eigenvalue weighted by atomic mass is 35.5. The number of fused-ring (bicyclic) bond motifs is 4. The molecule has 9 rings (SSSR count). The predicted molar refractivity (Wildman–Crippen MR) is 283 cm³/mol. The van der Waals surface area contributed by atoms with Gasteiger partial charge in [0.1, 0.15) is 40.3 Å². The lowest BCUT2D eigenvalue weighted by Gasteiger charge is -2.35. The monoisotopic (exact) mass is 1040 g/mol. The van der Waals surface area contributed by atoms with E-state index in [4.69, 9.17) is 25.7 Å². The number of aryl methyl sites for hydroxylation is 3. The van der Waals surface area contributed by atoms with Gasteiger partial charge in [-0.2, -0.15) is 0 Å². The van der Waals surface area contributed by atoms with Gasteiger partial charge in [-0.1, -0.05) is 68.8 Å². The van der Waals surface area contributed by atoms with Crippen molar-refractivity contribution in [2.24, 2.45) is 10.4 Å². The van der Waals surface area contributed by atoms with Gasteiger partial charge < -0.3 is 35.1 Å². The number of aliphatic hydroxyl groups is 1. The average molecular weight is 1040 g/mol. The fourth-order valence-electron chi connectivity index (χ4n) is 9.31. The van der Waals surface area contributed by atoms with Crippen LogP contribution < -0.4 is 20.7 Å². The van der Waals surface area contributed by atoms with Gasteiger partial charge in [-0.3, -0.25) is 28.7 Å². The molecule has 3 aromatic carbocycles. The van der Waals surface area contributed by atoms with Gasteiger partial charge in [0.2, 0.25) is 17.7 Å². The SMILES string of the molecule is Cc1ncsc1-c1ccc([C@H](C)NC(=O)[C@@H]2C[C@@H](O)CN2C(=O)[C@@H](NC(=O)c2cc3cc(OCCCNC(=O)C[C@@H]4N=C(c5ccc(Cl)cc5)c5c(sc(C)c5C)-n5c(C)nnc54)ccc3o2)C(C)(C)C)cc1. The molecule has 380 valence electrons. The molecule has 5 atom stereocenters. The van der Waals surface area contributed by atoms with E-state index < -0.39 is 47.4 Å². The van der Waals surface area contributed by atoms with Crippen molar-refractivity contribution in [1.29, 1.82) is 0 Å². The summed E-state index contributed by atoms with van der Waals surface area (Å²) < 4.78 is 14.0. The van der Waals surface area contributed by atoms with E-state index in [1.165, 1.54) is 4.90 Å². The lowest BCUT2D eigenvalue weighted by atomic mass is 9.85. The molecule has 2 aliphatic heterocycles. The number of carbonyl (C=O) groups is 4. The Morgan fingerprint density at radius 3 is 2.41 bits per heavy atom. The molecule has 4 aromatic heterocycles. The Labute approximate surface area is 436 Å². The number of nitrogens with zero attached hydrogens (tertiary/aromatic N) is 6. The molecule has 4 amide bonds. The highest BCUT2D eigenvalue weighted by Crippen LogP contribution is 2.40. The zero-order valence-electron chi connectivity index (χ0n) is 41.9. The third-order valence-corrected chi connectivity index (χ3v) is 15.8. The predicted octanol–water partition coefficient (Wildman–Crippen LogP) is 8.94. The van der Waals surface area contributed by atoms with Crippen molar-refractivity contribution in [3.63, 3.8) is 0 Å². The molecule has 0 aliphatic carbocycles. The molecular formula is C54H58ClN9O7S2. The van der Waals surface area contributed by atoms with Gasteiger partial charge in [-0.15, -0.1) is 32.9 Å². The number of benzene rings is 3. The Morgan fingerprint density at radius 1 is 0.959 bits per heavy atom. The van der Waals surface area contributed by atoms with E-state index in [2.05, 4.69) is 45.0 Å². The van der Waals surface area contributed by atoms with E-state index in [1.54, 1.807) is 46.9 Å². The maximum atomic E-state index is 14.4. The summed E-state index contributed by atoms with van der Waals surface area (Å²) >= 11 is 9.48. The standard InChI is InChI=1S/C54H58ClN9O7S2/c1-28-31(4)73-53-45(28)46(34-14-16-37(55)17-15-34)59-40(49-62-61-32(5)64(49)53)25-44(66)56-20-9-21-70-39-18-19-42-36(22-39)23-43(71-42)51(68)60-48(54(6,7)8)52(69)63-26-38(65)24-41(63)50(67)58-29(2)33-10-12-35(13-11-33)47-30(3)57-27-72-47/h10-19,22-23,27,29,38,40-41,48,65H,9,20-21,24-26H2,1-8H3,(H,56,66)(H,58,67)(H,60,68)/t29-,38+,40-,41-,48+/m0/s1. The van der Waals surface area contributed by atoms with Gasteiger partial charge in [0.25, 0.3) is 5.91 Å². The molecule has 6 heterocycles. The Balaban J connectivity index is 0.794. The van der Waals surface area contributed by atoms with Crippen LogP contribution in [0.4, 0.5) is 0 Å². The first kappa shape index (κ1) is 51.2. The fraction of sp³-hybridized carbons (Fsp3) is 0.370. The number of aliphatic imine (C=N–C) groups is 1. The number of β-amino-alcohol motifs (C(OH)–C–C–N with tert-alkyl or cyclic N) is 1. The number of halogens is 1. The lowest BCUT2D eigenvalue weighted by Crippen LogP contribution is -2.57. The third kappa shape index (κ3) is 10.8. The normalized spacial score (nSPS) is 17.3. The van der Waals surface area contributed by atoms with E-state index in [0.717, 1.165) is 54.0 Å². The molecule has 0 radical (unpaired) electrons. The maximum Gasteiger partial charge on any atom is 0.287 e. The summed E-state index contributed by atoms with van der Waals surface area (Å²) in [6.45, 7) is 16.0. The molecule has 7 aromatic rings. The fourth-order valence-corrected chi connectivity index (χ4v) is 11.5. The summed E-state index contributed by atoms with van der Waals surface area (Å²) in [5, 5.41) is 30.8. The highest BCUT2D eigenvalue weighted by molar-refractivity contribution is 7.15. The van der Waals surface area contributed by atoms with Crippen molar-refractivity contribution in [2.75, 3.05) is 19.7 Å². The molecule has 73 heavy (non-hydrogen) atoms. The summed E-state index contributed by atoms with van der Waals surface area (Å²) in [4.78, 5) is 68.6. The highest BCUT2D eigenvalue weighted by Gasteiger charge is 2.45. The van der Waals surface area contributed by atoms with Crippen molar-refractivity contribution < 1.29 is 33.4 Å². The van der Waals surface area contributed by atoms with E-state index in [1.807, 2.05) is 100 Å². The van der Waals surface area contributed by atoms with Crippen LogP contribution in [-0.2, 0) is 14.4 Å². The quantitative estimate of drug-likeness (QED) is 0.0718. The van der Waals surface area contributed by atoms with Crippen LogP contribution in [-0.4, -0.2) is 97.0 Å². The zero-order chi connectivity index (χ0) is 51.9. The number of amides is 4. The Bertz CT molecular complexity index is 3240. The number of furan rings is 1. The number of rotatable bonds is 15. The van der Waals surface area contributed by atoms with Crippen molar-refractivity contribution in [3.05, 3.63) is 134 Å². The number of nitrogens with one attached hydrogen (secondary N) is 3. The van der Waals surface area contributed by atoms with Crippen LogP contribution in [0.5, 0.6) is 5.75 Å². The van der Waals surface area contributed by atoms with E-state index in [0.29, 0.717) is 53.0 Å². The topological polar surface area (TPSA) is 206 Å². The number of hydrogen-bond acceptors (Lipinski definition) is 13. The van der Waals surface area contributed by atoms with Crippen molar-refractivity contribution in [2.45, 2.75) is 105 Å². The van der Waals surface area contributed by atoms with Crippen molar-refractivity contribution in [1.82, 2.24) is 40.6 Å². The molecule has 19 heteroatoms. The largest absolute Gasteiger partial charge is 0.494 e. The first-order valence-electron chi connectivity index (χ1n) is 24.2. The van der Waals surface area contributed by atoms with Crippen LogP contribution in [0.2, 0.25) is 5.02 Å². The Morgan fingerprint density at radius 2 is 1.70 bits per heavy atom. The maximum absolute atomic E-state index is 14.4. The number of likely N-dealkylation sites (tertiary alicyclic amines) is 1. The summed E-state index contributed by atoms with van der Waals surface area (Å²) in [6.07, 6.45) is -0.283. The van der Waals surface area contributed by atoms with Gasteiger partial charge in [0, 0.05) is 45.9 Å². The molecule has 0 bridgehead atoms. The van der Waals surface area contributed by atoms with E-state index in [-0.39, 0.29) is 37.1 Å². The molecule has 4 N–H and O–H groups in total. The molecule has 0 unspecified atom stereocenters. The first-order valence-corrected chi connectivity index (χ1v) is 26.3. The van der Waals surface area contributed by atoms with Gasteiger partial charge >= 0.3 is 0 Å². The summed E-state index contributed by atoms with van der Waals surface area (Å²) in [7, 11) is 0. The van der Waals surface area contributed by atoms with E-state index >= 15 is 0 Å². The Hall–Kier alpha value is -6.73. The molecule has 0 saturated carbocycles. The van der Waals surface area contributed by atoms with Crippen molar-refractivity contribution in [3.8, 4) is 21.2 Å². The first-order chi connectivity index (χ1) is 34.8. The van der Waals surface area contributed by atoms with E-state index in [9.17, 15) is 24.3 Å². The van der Waals surface area contributed by atoms with Gasteiger partial charge in [0.05, 0.1) is 47.0 Å². The number of ether oxygens (including phenoxy) is 1. The Kier molecular flexibility index (Phi) is 14.7. The zero-order valence-corrected chi connectivity index (χ0v) is 44.3. The summed E-state index contributed by atoms with van der Waals surface area (Å²) in [5.41, 5.74) is 8.12. The third-order valence-electron chi connectivity index (χ3n) is 13.4. The molecule has 16 nitrogen and oxygen atoms in total. The molecule has 2 aliphatic rings. The van der Waals surface area contributed by atoms with Crippen LogP contribution in [0.15, 0.2) is 87.7 Å². The van der Waals surface area contributed by atoms with Crippen molar-refractivity contribution >= 4 is 74.6 Å². The average Bonchev–Trinajstić information content (AvgIpc) is 4.19. The van der Waals surface area contributed by atoms with Crippen LogP contribution in [0.25, 0.3) is 26.4 Å². The van der Waals surface area contributed by atoms with Crippen LogP contribution in [0, 0.1) is 33.1 Å². The summed E-state index contributed by atoms with van der Waals surface area (Å²) in [5.74, 6) is 0.168. The summed E-state index contributed by atoms with van der Waals surface area (Å²) in [6, 6.07) is 19.3. The van der Waals surface area contributed by atoms with Gasteiger partial charge in [0.15, 0.2) is 11.6 Å². The lowest BCUT2D eigenvalue weighted by molar-refractivity contribution is -0.142. The van der Waals surface area contributed by atoms with Crippen LogP contribution in [0.3, 0.4) is 0 Å². The molecule has 1 fully saturated rings. The smallest absolute Gasteiger partial charge is 0.287 e. The second kappa shape index (κ2) is 21.0. The second-order valence-corrected chi connectivity index (χ2v) is 22.3. The van der Waals surface area contributed by atoms with Gasteiger partial charge in [-0.05, 0) is 99.5 Å². The van der Waals surface area contributed by atoms with Crippen LogP contribution >= 0.6 is 34.3 Å². The minimum absolute atomic E-state index is 0.00873. The molecular weight excluding hydrogens is 986 g/mol. The van der Waals surface area contributed by atoms with Crippen LogP contribution in [0.1, 0.15) is 114 Å². The molecule has 1 saturated heterocycles. The minimum Gasteiger partial charge on any atom is -0.494 e. The minimum atomic E-state index is -1.06.